The van der Waals surface area contributed by atoms with E-state index in [-0.39, 0.29) is 21.2 Å². The highest BCUT2D eigenvalue weighted by Gasteiger charge is 2.25. The van der Waals surface area contributed by atoms with Gasteiger partial charge in [0.1, 0.15) is 0 Å². The zero-order valence-corrected chi connectivity index (χ0v) is 18.9. The Morgan fingerprint density at radius 3 is 2.32 bits per heavy atom. The second kappa shape index (κ2) is 9.50. The van der Waals surface area contributed by atoms with Crippen LogP contribution < -0.4 is 10.2 Å². The number of benzene rings is 2. The number of hydrogen-bond donors (Lipinski definition) is 1. The molecule has 0 radical (unpaired) electrons. The molecular weight excluding hydrogens is 448 g/mol. The lowest BCUT2D eigenvalue weighted by Crippen LogP contribution is -2.31. The van der Waals surface area contributed by atoms with Gasteiger partial charge in [0.25, 0.3) is 5.91 Å². The fraction of sp³-hybridized carbons (Fsp3) is 0.381. The molecule has 0 bridgehead atoms. The molecule has 1 saturated heterocycles. The number of amides is 1. The van der Waals surface area contributed by atoms with E-state index in [1.165, 1.54) is 16.4 Å². The second-order valence-electron chi connectivity index (χ2n) is 7.16. The number of carbonyl (C=O) groups excluding carboxylic acids is 1. The highest BCUT2D eigenvalue weighted by Crippen LogP contribution is 2.33. The molecule has 2 aromatic rings. The van der Waals surface area contributed by atoms with Crippen LogP contribution in [-0.4, -0.2) is 44.8 Å². The number of halogens is 3. The average molecular weight is 472 g/mol. The third-order valence-corrected chi connectivity index (χ3v) is 7.62. The highest BCUT2D eigenvalue weighted by molar-refractivity contribution is 7.89. The standard InChI is InChI=1S/C21H24ClF2N3O3S/c1-3-27(4-2)31(29,30)14-7-8-20(26-9-5-6-10-26)19(11-14)25-21(28)15-12-17(23)18(24)13-16(15)22/h7-8,11-13H,3-6,9-10H2,1-2H3,(H,25,28). The average Bonchev–Trinajstić information content (AvgIpc) is 3.26. The van der Waals surface area contributed by atoms with E-state index in [9.17, 15) is 22.0 Å². The van der Waals surface area contributed by atoms with E-state index in [2.05, 4.69) is 5.32 Å². The third-order valence-electron chi connectivity index (χ3n) is 5.26. The molecule has 1 aliphatic rings. The van der Waals surface area contributed by atoms with Crippen molar-refractivity contribution >= 4 is 38.9 Å². The maximum Gasteiger partial charge on any atom is 0.257 e. The van der Waals surface area contributed by atoms with Crippen molar-refractivity contribution in [2.75, 3.05) is 36.4 Å². The van der Waals surface area contributed by atoms with Crippen molar-refractivity contribution in [3.8, 4) is 0 Å². The Bertz CT molecular complexity index is 1090. The van der Waals surface area contributed by atoms with Crippen LogP contribution in [0, 0.1) is 11.6 Å². The summed E-state index contributed by atoms with van der Waals surface area (Å²) in [5, 5.41) is 2.40. The lowest BCUT2D eigenvalue weighted by atomic mass is 10.1. The molecule has 168 valence electrons. The predicted molar refractivity (Wildman–Crippen MR) is 117 cm³/mol. The summed E-state index contributed by atoms with van der Waals surface area (Å²) in [7, 11) is -3.76. The Labute approximate surface area is 185 Å². The summed E-state index contributed by atoms with van der Waals surface area (Å²) in [6.07, 6.45) is 1.95. The zero-order valence-electron chi connectivity index (χ0n) is 17.3. The van der Waals surface area contributed by atoms with Crippen molar-refractivity contribution in [2.45, 2.75) is 31.6 Å². The van der Waals surface area contributed by atoms with Crippen LogP contribution >= 0.6 is 11.6 Å². The van der Waals surface area contributed by atoms with Crippen molar-refractivity contribution in [1.82, 2.24) is 4.31 Å². The molecule has 1 aliphatic heterocycles. The minimum Gasteiger partial charge on any atom is -0.370 e. The Morgan fingerprint density at radius 2 is 1.71 bits per heavy atom. The van der Waals surface area contributed by atoms with Crippen LogP contribution in [0.1, 0.15) is 37.0 Å². The molecule has 1 amide bonds. The first-order valence-electron chi connectivity index (χ1n) is 10.0. The van der Waals surface area contributed by atoms with Gasteiger partial charge in [0.15, 0.2) is 11.6 Å². The van der Waals surface area contributed by atoms with E-state index in [1.54, 1.807) is 19.9 Å². The highest BCUT2D eigenvalue weighted by atomic mass is 35.5. The van der Waals surface area contributed by atoms with E-state index in [1.807, 2.05) is 4.90 Å². The van der Waals surface area contributed by atoms with Gasteiger partial charge in [-0.3, -0.25) is 4.79 Å². The van der Waals surface area contributed by atoms with Gasteiger partial charge in [-0.2, -0.15) is 4.31 Å². The SMILES string of the molecule is CCN(CC)S(=O)(=O)c1ccc(N2CCCC2)c(NC(=O)c2cc(F)c(F)cc2Cl)c1. The lowest BCUT2D eigenvalue weighted by molar-refractivity contribution is 0.102. The topological polar surface area (TPSA) is 69.7 Å². The fourth-order valence-electron chi connectivity index (χ4n) is 3.61. The molecule has 1 N–H and O–H groups in total. The summed E-state index contributed by atoms with van der Waals surface area (Å²) in [6.45, 7) is 5.62. The Hall–Kier alpha value is -2.23. The number of nitrogens with one attached hydrogen (secondary N) is 1. The fourth-order valence-corrected chi connectivity index (χ4v) is 5.33. The molecule has 10 heteroatoms. The van der Waals surface area contributed by atoms with Gasteiger partial charge < -0.3 is 10.2 Å². The number of rotatable bonds is 7. The van der Waals surface area contributed by atoms with Crippen LogP contribution in [-0.2, 0) is 10.0 Å². The molecule has 3 rings (SSSR count). The van der Waals surface area contributed by atoms with Crippen LogP contribution in [0.3, 0.4) is 0 Å². The van der Waals surface area contributed by atoms with Crippen LogP contribution in [0.25, 0.3) is 0 Å². The minimum absolute atomic E-state index is 0.0332. The molecule has 6 nitrogen and oxygen atoms in total. The maximum absolute atomic E-state index is 13.7. The molecule has 1 fully saturated rings. The molecule has 1 heterocycles. The van der Waals surface area contributed by atoms with Gasteiger partial charge in [-0.15, -0.1) is 0 Å². The third kappa shape index (κ3) is 4.83. The summed E-state index contributed by atoms with van der Waals surface area (Å²) >= 11 is 5.93. The summed E-state index contributed by atoms with van der Waals surface area (Å²) in [5.74, 6) is -3.12. The van der Waals surface area contributed by atoms with Gasteiger partial charge in [0.05, 0.1) is 26.9 Å². The van der Waals surface area contributed by atoms with E-state index in [4.69, 9.17) is 11.6 Å². The predicted octanol–water partition coefficient (Wildman–Crippen LogP) is 4.50. The van der Waals surface area contributed by atoms with Gasteiger partial charge in [0.2, 0.25) is 10.0 Å². The molecule has 31 heavy (non-hydrogen) atoms. The van der Waals surface area contributed by atoms with E-state index in [0.717, 1.165) is 38.1 Å². The summed E-state index contributed by atoms with van der Waals surface area (Å²) in [4.78, 5) is 14.9. The van der Waals surface area contributed by atoms with Crippen molar-refractivity contribution in [2.24, 2.45) is 0 Å². The van der Waals surface area contributed by atoms with Crippen LogP contribution in [0.5, 0.6) is 0 Å². The van der Waals surface area contributed by atoms with Gasteiger partial charge in [-0.1, -0.05) is 25.4 Å². The first kappa shape index (κ1) is 23.4. The van der Waals surface area contributed by atoms with Crippen LogP contribution in [0.4, 0.5) is 20.2 Å². The van der Waals surface area contributed by atoms with Crippen molar-refractivity contribution in [3.63, 3.8) is 0 Å². The van der Waals surface area contributed by atoms with Gasteiger partial charge >= 0.3 is 0 Å². The molecule has 0 saturated carbocycles. The normalized spacial score (nSPS) is 14.3. The smallest absolute Gasteiger partial charge is 0.257 e. The van der Waals surface area contributed by atoms with E-state index < -0.39 is 27.6 Å². The van der Waals surface area contributed by atoms with E-state index in [0.29, 0.717) is 18.8 Å². The van der Waals surface area contributed by atoms with Gasteiger partial charge in [0, 0.05) is 26.2 Å². The number of anilines is 2. The number of nitrogens with zero attached hydrogens (tertiary/aromatic N) is 2. The lowest BCUT2D eigenvalue weighted by Gasteiger charge is -2.24. The van der Waals surface area contributed by atoms with Crippen LogP contribution in [0.15, 0.2) is 35.2 Å². The summed E-state index contributed by atoms with van der Waals surface area (Å²) in [5.41, 5.74) is 0.675. The summed E-state index contributed by atoms with van der Waals surface area (Å²) < 4.78 is 54.3. The maximum atomic E-state index is 13.7. The largest absolute Gasteiger partial charge is 0.370 e. The first-order valence-corrected chi connectivity index (χ1v) is 11.9. The molecule has 2 aromatic carbocycles. The Morgan fingerprint density at radius 1 is 1.10 bits per heavy atom. The monoisotopic (exact) mass is 471 g/mol. The van der Waals surface area contributed by atoms with Crippen molar-refractivity contribution in [3.05, 3.63) is 52.6 Å². The molecule has 0 atom stereocenters. The van der Waals surface area contributed by atoms with Gasteiger partial charge in [-0.05, 0) is 43.2 Å². The molecular formula is C21H24ClF2N3O3S. The molecule has 0 spiro atoms. The minimum atomic E-state index is -3.76. The first-order chi connectivity index (χ1) is 14.7. The quantitative estimate of drug-likeness (QED) is 0.603. The Kier molecular flexibility index (Phi) is 7.18. The van der Waals surface area contributed by atoms with Crippen molar-refractivity contribution < 1.29 is 22.0 Å². The summed E-state index contributed by atoms with van der Waals surface area (Å²) in [6, 6.07) is 6.02. The van der Waals surface area contributed by atoms with E-state index >= 15 is 0 Å². The molecule has 0 aromatic heterocycles. The number of carbonyl (C=O) groups is 1. The van der Waals surface area contributed by atoms with Crippen LogP contribution in [0.2, 0.25) is 5.02 Å². The van der Waals surface area contributed by atoms with Gasteiger partial charge in [-0.25, -0.2) is 17.2 Å². The number of sulfonamides is 1. The number of hydrogen-bond acceptors (Lipinski definition) is 4. The molecule has 0 aliphatic carbocycles. The van der Waals surface area contributed by atoms with Crippen molar-refractivity contribution in [1.29, 1.82) is 0 Å². The Balaban J connectivity index is 2.04. The zero-order chi connectivity index (χ0) is 22.8. The molecule has 0 unspecified atom stereocenters. The second-order valence-corrected chi connectivity index (χ2v) is 9.51.